The van der Waals surface area contributed by atoms with Gasteiger partial charge in [0.1, 0.15) is 5.69 Å². The van der Waals surface area contributed by atoms with E-state index in [4.69, 9.17) is 0 Å². The molecule has 2 heteroatoms. The molecule has 0 N–H and O–H groups in total. The zero-order chi connectivity index (χ0) is 15.2. The van der Waals surface area contributed by atoms with E-state index in [1.54, 1.807) is 0 Å². The van der Waals surface area contributed by atoms with Crippen LogP contribution in [0.3, 0.4) is 0 Å². The van der Waals surface area contributed by atoms with E-state index in [1.165, 1.54) is 5.56 Å². The van der Waals surface area contributed by atoms with Crippen molar-refractivity contribution in [3.8, 4) is 11.8 Å². The van der Waals surface area contributed by atoms with Gasteiger partial charge in [0.25, 0.3) is 0 Å². The summed E-state index contributed by atoms with van der Waals surface area (Å²) in [6.45, 7) is 0. The van der Waals surface area contributed by atoms with Gasteiger partial charge in [-0.1, -0.05) is 54.5 Å². The number of aldehydes is 1. The van der Waals surface area contributed by atoms with Crippen molar-refractivity contribution >= 4 is 17.2 Å². The SMILES string of the molecule is O=Cc1cc2ccccc2nc1C#CCCc1ccccc1. The summed E-state index contributed by atoms with van der Waals surface area (Å²) in [5, 5.41) is 0.958. The number of benzene rings is 2. The van der Waals surface area contributed by atoms with Gasteiger partial charge in [-0.25, -0.2) is 4.98 Å². The van der Waals surface area contributed by atoms with Crippen molar-refractivity contribution in [3.63, 3.8) is 0 Å². The molecular formula is C20H15NO. The monoisotopic (exact) mass is 285 g/mol. The van der Waals surface area contributed by atoms with Gasteiger partial charge >= 0.3 is 0 Å². The van der Waals surface area contributed by atoms with E-state index < -0.39 is 0 Å². The molecule has 0 saturated heterocycles. The predicted molar refractivity (Wildman–Crippen MR) is 88.8 cm³/mol. The molecule has 0 aliphatic heterocycles. The quantitative estimate of drug-likeness (QED) is 0.537. The third-order valence-electron chi connectivity index (χ3n) is 3.47. The van der Waals surface area contributed by atoms with Crippen LogP contribution in [-0.2, 0) is 6.42 Å². The summed E-state index contributed by atoms with van der Waals surface area (Å²) in [5.74, 6) is 6.15. The number of rotatable bonds is 3. The van der Waals surface area contributed by atoms with Crippen molar-refractivity contribution in [2.45, 2.75) is 12.8 Å². The molecule has 106 valence electrons. The standard InChI is InChI=1S/C20H15NO/c22-15-18-14-17-11-5-7-12-19(17)21-20(18)13-6-4-10-16-8-2-1-3-9-16/h1-3,5,7-9,11-12,14-15H,4,10H2. The Morgan fingerprint density at radius 2 is 1.77 bits per heavy atom. The van der Waals surface area contributed by atoms with E-state index >= 15 is 0 Å². The van der Waals surface area contributed by atoms with E-state index in [1.807, 2.05) is 48.5 Å². The second-order valence-electron chi connectivity index (χ2n) is 5.02. The first kappa shape index (κ1) is 14.0. The zero-order valence-electron chi connectivity index (χ0n) is 12.1. The molecule has 2 nitrogen and oxygen atoms in total. The molecule has 0 aliphatic rings. The number of aromatic nitrogens is 1. The Balaban J connectivity index is 1.81. The molecule has 0 unspecified atom stereocenters. The summed E-state index contributed by atoms with van der Waals surface area (Å²) in [5.41, 5.74) is 3.23. The van der Waals surface area contributed by atoms with Crippen molar-refractivity contribution < 1.29 is 4.79 Å². The first-order valence-corrected chi connectivity index (χ1v) is 7.24. The Bertz CT molecular complexity index is 857. The fourth-order valence-corrected chi connectivity index (χ4v) is 2.32. The minimum Gasteiger partial charge on any atom is -0.298 e. The summed E-state index contributed by atoms with van der Waals surface area (Å²) in [6, 6.07) is 19.8. The molecule has 0 saturated carbocycles. The number of nitrogens with zero attached hydrogens (tertiary/aromatic N) is 1. The minimum absolute atomic E-state index is 0.547. The van der Waals surface area contributed by atoms with Crippen LogP contribution in [0.2, 0.25) is 0 Å². The van der Waals surface area contributed by atoms with Crippen LogP contribution in [0.25, 0.3) is 10.9 Å². The summed E-state index contributed by atoms with van der Waals surface area (Å²) in [6.07, 6.45) is 2.47. The highest BCUT2D eigenvalue weighted by Crippen LogP contribution is 2.15. The molecule has 0 spiro atoms. The summed E-state index contributed by atoms with van der Waals surface area (Å²) >= 11 is 0. The summed E-state index contributed by atoms with van der Waals surface area (Å²) in [7, 11) is 0. The molecule has 22 heavy (non-hydrogen) atoms. The van der Waals surface area contributed by atoms with Crippen molar-refractivity contribution in [1.29, 1.82) is 0 Å². The molecule has 2 aromatic carbocycles. The molecule has 0 radical (unpaired) electrons. The van der Waals surface area contributed by atoms with Crippen LogP contribution in [0.4, 0.5) is 0 Å². The molecule has 3 rings (SSSR count). The highest BCUT2D eigenvalue weighted by atomic mass is 16.1. The van der Waals surface area contributed by atoms with Gasteiger partial charge < -0.3 is 0 Å². The fraction of sp³-hybridized carbons (Fsp3) is 0.100. The van der Waals surface area contributed by atoms with Gasteiger partial charge in [0.15, 0.2) is 6.29 Å². The molecule has 0 fully saturated rings. The number of pyridine rings is 1. The number of hydrogen-bond acceptors (Lipinski definition) is 2. The molecular weight excluding hydrogens is 270 g/mol. The Morgan fingerprint density at radius 3 is 2.59 bits per heavy atom. The van der Waals surface area contributed by atoms with Gasteiger partial charge in [0, 0.05) is 17.4 Å². The van der Waals surface area contributed by atoms with Gasteiger partial charge in [-0.3, -0.25) is 4.79 Å². The summed E-state index contributed by atoms with van der Waals surface area (Å²) < 4.78 is 0. The van der Waals surface area contributed by atoms with Gasteiger partial charge in [0.2, 0.25) is 0 Å². The summed E-state index contributed by atoms with van der Waals surface area (Å²) in [4.78, 5) is 15.7. The average molecular weight is 285 g/mol. The maximum atomic E-state index is 11.2. The van der Waals surface area contributed by atoms with Crippen LogP contribution in [0.1, 0.15) is 28.0 Å². The fourth-order valence-electron chi connectivity index (χ4n) is 2.32. The van der Waals surface area contributed by atoms with Crippen LogP contribution in [0.5, 0.6) is 0 Å². The average Bonchev–Trinajstić information content (AvgIpc) is 2.59. The maximum absolute atomic E-state index is 11.2. The largest absolute Gasteiger partial charge is 0.298 e. The van der Waals surface area contributed by atoms with E-state index in [0.29, 0.717) is 11.3 Å². The lowest BCUT2D eigenvalue weighted by molar-refractivity contribution is 0.112. The lowest BCUT2D eigenvalue weighted by Gasteiger charge is -2.00. The van der Waals surface area contributed by atoms with Crippen LogP contribution in [0, 0.1) is 11.8 Å². The van der Waals surface area contributed by atoms with Crippen molar-refractivity contribution in [3.05, 3.63) is 77.5 Å². The smallest absolute Gasteiger partial charge is 0.152 e. The first-order chi connectivity index (χ1) is 10.9. The van der Waals surface area contributed by atoms with Crippen molar-refractivity contribution in [1.82, 2.24) is 4.98 Å². The molecule has 1 heterocycles. The number of carbonyl (C=O) groups is 1. The van der Waals surface area contributed by atoms with E-state index in [9.17, 15) is 4.79 Å². The second kappa shape index (κ2) is 6.69. The topological polar surface area (TPSA) is 30.0 Å². The number of fused-ring (bicyclic) bond motifs is 1. The van der Waals surface area contributed by atoms with Crippen LogP contribution in [-0.4, -0.2) is 11.3 Å². The minimum atomic E-state index is 0.547. The van der Waals surface area contributed by atoms with E-state index in [-0.39, 0.29) is 0 Å². The Labute approximate surface area is 129 Å². The number of carbonyl (C=O) groups excluding carboxylic acids is 1. The zero-order valence-corrected chi connectivity index (χ0v) is 12.1. The third kappa shape index (κ3) is 3.21. The highest BCUT2D eigenvalue weighted by Gasteiger charge is 2.03. The molecule has 1 aromatic heterocycles. The Kier molecular flexibility index (Phi) is 4.27. The van der Waals surface area contributed by atoms with E-state index in [2.05, 4.69) is 29.0 Å². The Hall–Kier alpha value is -2.92. The third-order valence-corrected chi connectivity index (χ3v) is 3.47. The normalized spacial score (nSPS) is 10.0. The van der Waals surface area contributed by atoms with Crippen molar-refractivity contribution in [2.75, 3.05) is 0 Å². The second-order valence-corrected chi connectivity index (χ2v) is 5.02. The molecule has 0 atom stereocenters. The number of hydrogen-bond donors (Lipinski definition) is 0. The maximum Gasteiger partial charge on any atom is 0.152 e. The lowest BCUT2D eigenvalue weighted by atomic mass is 10.1. The number of para-hydroxylation sites is 1. The molecule has 3 aromatic rings. The lowest BCUT2D eigenvalue weighted by Crippen LogP contribution is -1.93. The van der Waals surface area contributed by atoms with Crippen LogP contribution >= 0.6 is 0 Å². The first-order valence-electron chi connectivity index (χ1n) is 7.24. The Morgan fingerprint density at radius 1 is 1.00 bits per heavy atom. The molecule has 0 amide bonds. The van der Waals surface area contributed by atoms with E-state index in [0.717, 1.165) is 30.0 Å². The van der Waals surface area contributed by atoms with Gasteiger partial charge in [-0.05, 0) is 30.0 Å². The van der Waals surface area contributed by atoms with Gasteiger partial charge in [0.05, 0.1) is 5.52 Å². The molecule has 0 aliphatic carbocycles. The molecule has 0 bridgehead atoms. The van der Waals surface area contributed by atoms with Crippen LogP contribution < -0.4 is 0 Å². The van der Waals surface area contributed by atoms with Crippen LogP contribution in [0.15, 0.2) is 60.7 Å². The number of aryl methyl sites for hydroxylation is 1. The highest BCUT2D eigenvalue weighted by molar-refractivity contribution is 5.88. The van der Waals surface area contributed by atoms with Gasteiger partial charge in [-0.15, -0.1) is 0 Å². The van der Waals surface area contributed by atoms with Crippen molar-refractivity contribution in [2.24, 2.45) is 0 Å². The predicted octanol–water partition coefficient (Wildman–Crippen LogP) is 4.03. The van der Waals surface area contributed by atoms with Gasteiger partial charge in [-0.2, -0.15) is 0 Å².